The summed E-state index contributed by atoms with van der Waals surface area (Å²) in [4.78, 5) is 0. The number of aryl methyl sites for hydroxylation is 1. The van der Waals surface area contributed by atoms with E-state index in [4.69, 9.17) is 0 Å². The average molecular weight is 239 g/mol. The highest BCUT2D eigenvalue weighted by molar-refractivity contribution is 7.99. The number of nitrogens with one attached hydrogen (secondary N) is 1. The normalized spacial score (nSPS) is 21.2. The van der Waals surface area contributed by atoms with Crippen molar-refractivity contribution in [3.63, 3.8) is 0 Å². The Balaban J connectivity index is 1.85. The van der Waals surface area contributed by atoms with Crippen LogP contribution in [0.15, 0.2) is 12.4 Å². The Morgan fingerprint density at radius 1 is 1.62 bits per heavy atom. The molecule has 1 N–H and O–H groups in total. The summed E-state index contributed by atoms with van der Waals surface area (Å²) in [6.45, 7) is 1.09. The molecule has 1 fully saturated rings. The summed E-state index contributed by atoms with van der Waals surface area (Å²) in [6.07, 6.45) is 9.25. The molecular formula is C12H21N3S. The minimum Gasteiger partial charge on any atom is -0.320 e. The van der Waals surface area contributed by atoms with Gasteiger partial charge in [0.2, 0.25) is 0 Å². The van der Waals surface area contributed by atoms with E-state index in [1.165, 1.54) is 36.3 Å². The highest BCUT2D eigenvalue weighted by Gasteiger charge is 2.16. The van der Waals surface area contributed by atoms with E-state index in [0.717, 1.165) is 13.0 Å². The SMILES string of the molecule is CNCCCc1cnn(C2CCCSC2)c1. The van der Waals surface area contributed by atoms with Crippen LogP contribution < -0.4 is 5.32 Å². The monoisotopic (exact) mass is 239 g/mol. The minimum absolute atomic E-state index is 0.636. The molecule has 0 amide bonds. The zero-order chi connectivity index (χ0) is 11.2. The predicted octanol–water partition coefficient (Wildman–Crippen LogP) is 2.10. The number of rotatable bonds is 5. The van der Waals surface area contributed by atoms with Crippen molar-refractivity contribution in [3.05, 3.63) is 18.0 Å². The van der Waals surface area contributed by atoms with Gasteiger partial charge in [0, 0.05) is 11.9 Å². The second-order valence-corrected chi connectivity index (χ2v) is 5.56. The van der Waals surface area contributed by atoms with E-state index in [0.29, 0.717) is 6.04 Å². The van der Waals surface area contributed by atoms with Crippen molar-refractivity contribution in [3.8, 4) is 0 Å². The van der Waals surface area contributed by atoms with Gasteiger partial charge in [-0.3, -0.25) is 4.68 Å². The number of thioether (sulfide) groups is 1. The van der Waals surface area contributed by atoms with Crippen LogP contribution in [0.3, 0.4) is 0 Å². The van der Waals surface area contributed by atoms with Crippen LogP contribution >= 0.6 is 11.8 Å². The Bertz CT molecular complexity index is 305. The third-order valence-electron chi connectivity index (χ3n) is 3.06. The zero-order valence-corrected chi connectivity index (χ0v) is 10.8. The Hall–Kier alpha value is -0.480. The van der Waals surface area contributed by atoms with Crippen molar-refractivity contribution in [1.29, 1.82) is 0 Å². The molecule has 1 aromatic heterocycles. The number of nitrogens with zero attached hydrogens (tertiary/aromatic N) is 2. The fourth-order valence-electron chi connectivity index (χ4n) is 2.11. The molecule has 2 rings (SSSR count). The maximum Gasteiger partial charge on any atom is 0.0609 e. The van der Waals surface area contributed by atoms with E-state index in [1.807, 2.05) is 13.2 Å². The zero-order valence-electron chi connectivity index (χ0n) is 9.98. The Morgan fingerprint density at radius 2 is 2.56 bits per heavy atom. The molecule has 1 unspecified atom stereocenters. The van der Waals surface area contributed by atoms with Crippen molar-refractivity contribution in [2.24, 2.45) is 0 Å². The lowest BCUT2D eigenvalue weighted by Crippen LogP contribution is -2.16. The Kier molecular flexibility index (Phi) is 4.72. The maximum atomic E-state index is 4.50. The first kappa shape index (κ1) is 12.0. The van der Waals surface area contributed by atoms with E-state index < -0.39 is 0 Å². The molecule has 3 nitrogen and oxygen atoms in total. The number of hydrogen-bond donors (Lipinski definition) is 1. The van der Waals surface area contributed by atoms with Crippen LogP contribution in [0.4, 0.5) is 0 Å². The summed E-state index contributed by atoms with van der Waals surface area (Å²) in [7, 11) is 2.00. The van der Waals surface area contributed by atoms with Gasteiger partial charge in [0.25, 0.3) is 0 Å². The predicted molar refractivity (Wildman–Crippen MR) is 70.1 cm³/mol. The highest BCUT2D eigenvalue weighted by Crippen LogP contribution is 2.26. The molecule has 0 aliphatic carbocycles. The van der Waals surface area contributed by atoms with Crippen molar-refractivity contribution in [2.45, 2.75) is 31.7 Å². The molecule has 2 heterocycles. The third kappa shape index (κ3) is 3.25. The van der Waals surface area contributed by atoms with Crippen LogP contribution in [0.2, 0.25) is 0 Å². The summed E-state index contributed by atoms with van der Waals surface area (Å²) in [5.41, 5.74) is 1.38. The van der Waals surface area contributed by atoms with Crippen molar-refractivity contribution < 1.29 is 0 Å². The molecule has 16 heavy (non-hydrogen) atoms. The molecule has 0 aromatic carbocycles. The molecule has 4 heteroatoms. The van der Waals surface area contributed by atoms with E-state index >= 15 is 0 Å². The Morgan fingerprint density at radius 3 is 3.31 bits per heavy atom. The maximum absolute atomic E-state index is 4.50. The smallest absolute Gasteiger partial charge is 0.0609 e. The first-order chi connectivity index (χ1) is 7.90. The van der Waals surface area contributed by atoms with Gasteiger partial charge in [0.1, 0.15) is 0 Å². The van der Waals surface area contributed by atoms with E-state index in [2.05, 4.69) is 33.1 Å². The Labute approximate surface area is 102 Å². The van der Waals surface area contributed by atoms with Crippen LogP contribution in [0.25, 0.3) is 0 Å². The molecule has 1 aliphatic heterocycles. The molecule has 1 aliphatic rings. The van der Waals surface area contributed by atoms with Crippen molar-refractivity contribution in [2.75, 3.05) is 25.1 Å². The number of hydrogen-bond acceptors (Lipinski definition) is 3. The molecule has 0 spiro atoms. The summed E-state index contributed by atoms with van der Waals surface area (Å²) < 4.78 is 2.18. The van der Waals surface area contributed by atoms with Crippen LogP contribution in [0.1, 0.15) is 30.9 Å². The van der Waals surface area contributed by atoms with Crippen LogP contribution in [0, 0.1) is 0 Å². The van der Waals surface area contributed by atoms with E-state index in [1.54, 1.807) is 0 Å². The van der Waals surface area contributed by atoms with Crippen LogP contribution in [0.5, 0.6) is 0 Å². The molecule has 1 atom stereocenters. The second-order valence-electron chi connectivity index (χ2n) is 4.41. The van der Waals surface area contributed by atoms with Gasteiger partial charge in [-0.25, -0.2) is 0 Å². The first-order valence-electron chi connectivity index (χ1n) is 6.15. The summed E-state index contributed by atoms with van der Waals surface area (Å²) in [5.74, 6) is 2.56. The van der Waals surface area contributed by atoms with Gasteiger partial charge in [-0.15, -0.1) is 0 Å². The average Bonchev–Trinajstić information content (AvgIpc) is 2.79. The molecule has 1 aromatic rings. The fraction of sp³-hybridized carbons (Fsp3) is 0.750. The van der Waals surface area contributed by atoms with Gasteiger partial charge in [-0.1, -0.05) is 0 Å². The van der Waals surface area contributed by atoms with E-state index in [9.17, 15) is 0 Å². The van der Waals surface area contributed by atoms with Gasteiger partial charge < -0.3 is 5.32 Å². The number of aromatic nitrogens is 2. The van der Waals surface area contributed by atoms with Crippen LogP contribution in [-0.4, -0.2) is 34.9 Å². The lowest BCUT2D eigenvalue weighted by atomic mass is 10.2. The third-order valence-corrected chi connectivity index (χ3v) is 4.26. The quantitative estimate of drug-likeness (QED) is 0.798. The summed E-state index contributed by atoms with van der Waals surface area (Å²) in [6, 6.07) is 0.636. The molecule has 1 saturated heterocycles. The molecule has 0 saturated carbocycles. The molecule has 90 valence electrons. The minimum atomic E-state index is 0.636. The fourth-order valence-corrected chi connectivity index (χ4v) is 3.24. The van der Waals surface area contributed by atoms with Gasteiger partial charge in [-0.05, 0) is 50.6 Å². The molecular weight excluding hydrogens is 218 g/mol. The van der Waals surface area contributed by atoms with Gasteiger partial charge in [-0.2, -0.15) is 16.9 Å². The van der Waals surface area contributed by atoms with E-state index in [-0.39, 0.29) is 0 Å². The van der Waals surface area contributed by atoms with Crippen LogP contribution in [-0.2, 0) is 6.42 Å². The second kappa shape index (κ2) is 6.30. The summed E-state index contributed by atoms with van der Waals surface area (Å²) >= 11 is 2.06. The molecule has 0 bridgehead atoms. The summed E-state index contributed by atoms with van der Waals surface area (Å²) in [5, 5.41) is 7.68. The largest absolute Gasteiger partial charge is 0.320 e. The standard InChI is InChI=1S/C12H21N3S/c1-13-6-2-4-11-8-14-15(9-11)12-5-3-7-16-10-12/h8-9,12-13H,2-7,10H2,1H3. The first-order valence-corrected chi connectivity index (χ1v) is 7.31. The lowest BCUT2D eigenvalue weighted by molar-refractivity contribution is 0.454. The molecule has 0 radical (unpaired) electrons. The lowest BCUT2D eigenvalue weighted by Gasteiger charge is -2.21. The van der Waals surface area contributed by atoms with Gasteiger partial charge in [0.05, 0.1) is 12.2 Å². The van der Waals surface area contributed by atoms with Gasteiger partial charge in [0.15, 0.2) is 0 Å². The van der Waals surface area contributed by atoms with Crippen molar-refractivity contribution >= 4 is 11.8 Å². The highest BCUT2D eigenvalue weighted by atomic mass is 32.2. The topological polar surface area (TPSA) is 29.9 Å². The van der Waals surface area contributed by atoms with Gasteiger partial charge >= 0.3 is 0 Å². The van der Waals surface area contributed by atoms with Crippen molar-refractivity contribution in [1.82, 2.24) is 15.1 Å².